The molecule has 3 nitrogen and oxygen atoms in total. The fourth-order valence-corrected chi connectivity index (χ4v) is 2.50. The Kier molecular flexibility index (Phi) is 3.40. The molecule has 0 saturated carbocycles. The van der Waals surface area contributed by atoms with E-state index >= 15 is 0 Å². The standard InChI is InChI=1S/C12H19BrN2O/c1-12(2,3)15-9(8-11(13)14-15)10-6-4-5-7-16-10/h8,10H,4-7H2,1-3H3. The molecule has 1 atom stereocenters. The summed E-state index contributed by atoms with van der Waals surface area (Å²) in [5.74, 6) is 0. The zero-order chi connectivity index (χ0) is 11.8. The molecule has 0 aromatic carbocycles. The van der Waals surface area contributed by atoms with Crippen molar-refractivity contribution in [3.8, 4) is 0 Å². The highest BCUT2D eigenvalue weighted by Gasteiger charge is 2.26. The molecule has 1 unspecified atom stereocenters. The summed E-state index contributed by atoms with van der Waals surface area (Å²) in [4.78, 5) is 0. The van der Waals surface area contributed by atoms with Crippen molar-refractivity contribution in [2.45, 2.75) is 51.7 Å². The van der Waals surface area contributed by atoms with Gasteiger partial charge in [-0.3, -0.25) is 4.68 Å². The van der Waals surface area contributed by atoms with Crippen molar-refractivity contribution >= 4 is 15.9 Å². The first kappa shape index (κ1) is 12.1. The largest absolute Gasteiger partial charge is 0.372 e. The predicted octanol–water partition coefficient (Wildman–Crippen LogP) is 3.64. The molecule has 2 heterocycles. The molecule has 1 aromatic heterocycles. The minimum atomic E-state index is 0.00214. The lowest BCUT2D eigenvalue weighted by molar-refractivity contribution is 0.00703. The second-order valence-electron chi connectivity index (χ2n) is 5.33. The minimum absolute atomic E-state index is 0.00214. The summed E-state index contributed by atoms with van der Waals surface area (Å²) < 4.78 is 8.80. The Balaban J connectivity index is 2.31. The first-order valence-electron chi connectivity index (χ1n) is 5.86. The van der Waals surface area contributed by atoms with Gasteiger partial charge in [0.25, 0.3) is 0 Å². The molecule has 1 saturated heterocycles. The Hall–Kier alpha value is -0.350. The molecule has 0 spiro atoms. The zero-order valence-corrected chi connectivity index (χ0v) is 11.7. The summed E-state index contributed by atoms with van der Waals surface area (Å²) in [6, 6.07) is 2.08. The van der Waals surface area contributed by atoms with Gasteiger partial charge in [0.1, 0.15) is 4.60 Å². The first-order chi connectivity index (χ1) is 7.48. The van der Waals surface area contributed by atoms with Gasteiger partial charge in [0.05, 0.1) is 17.3 Å². The maximum Gasteiger partial charge on any atom is 0.128 e. The van der Waals surface area contributed by atoms with Gasteiger partial charge in [-0.25, -0.2) is 0 Å². The van der Waals surface area contributed by atoms with Crippen LogP contribution in [0.1, 0.15) is 51.8 Å². The van der Waals surface area contributed by atoms with Crippen molar-refractivity contribution in [3.05, 3.63) is 16.4 Å². The molecule has 1 aliphatic heterocycles. The molecule has 1 fully saturated rings. The monoisotopic (exact) mass is 286 g/mol. The van der Waals surface area contributed by atoms with Crippen molar-refractivity contribution < 1.29 is 4.74 Å². The summed E-state index contributed by atoms with van der Waals surface area (Å²) in [7, 11) is 0. The van der Waals surface area contributed by atoms with Crippen LogP contribution in [-0.4, -0.2) is 16.4 Å². The minimum Gasteiger partial charge on any atom is -0.372 e. The van der Waals surface area contributed by atoms with Gasteiger partial charge in [0.2, 0.25) is 0 Å². The van der Waals surface area contributed by atoms with Crippen molar-refractivity contribution in [1.29, 1.82) is 0 Å². The summed E-state index contributed by atoms with van der Waals surface area (Å²) in [5, 5.41) is 4.51. The van der Waals surface area contributed by atoms with E-state index in [1.165, 1.54) is 18.5 Å². The third-order valence-corrected chi connectivity index (χ3v) is 3.24. The van der Waals surface area contributed by atoms with Gasteiger partial charge in [0, 0.05) is 6.61 Å². The molecular formula is C12H19BrN2O. The topological polar surface area (TPSA) is 27.1 Å². The van der Waals surface area contributed by atoms with Crippen LogP contribution < -0.4 is 0 Å². The molecule has 4 heteroatoms. The molecule has 0 bridgehead atoms. The van der Waals surface area contributed by atoms with Gasteiger partial charge >= 0.3 is 0 Å². The molecule has 0 N–H and O–H groups in total. The highest BCUT2D eigenvalue weighted by Crippen LogP contribution is 2.32. The van der Waals surface area contributed by atoms with Crippen LogP contribution in [0.2, 0.25) is 0 Å². The molecule has 90 valence electrons. The zero-order valence-electron chi connectivity index (χ0n) is 10.2. The lowest BCUT2D eigenvalue weighted by atomic mass is 10.0. The summed E-state index contributed by atoms with van der Waals surface area (Å²) in [5.41, 5.74) is 1.20. The average molecular weight is 287 g/mol. The first-order valence-corrected chi connectivity index (χ1v) is 6.65. The quantitative estimate of drug-likeness (QED) is 0.788. The number of nitrogens with zero attached hydrogens (tertiary/aromatic N) is 2. The summed E-state index contributed by atoms with van der Waals surface area (Å²) in [6.07, 6.45) is 3.75. The Morgan fingerprint density at radius 3 is 2.75 bits per heavy atom. The second kappa shape index (κ2) is 4.49. The van der Waals surface area contributed by atoms with Gasteiger partial charge in [0.15, 0.2) is 0 Å². The molecule has 1 aromatic rings. The Labute approximate surface area is 105 Å². The number of hydrogen-bond acceptors (Lipinski definition) is 2. The molecule has 0 aliphatic carbocycles. The van der Waals surface area contributed by atoms with Crippen LogP contribution in [0.15, 0.2) is 10.7 Å². The normalized spacial score (nSPS) is 22.4. The molecular weight excluding hydrogens is 268 g/mol. The van der Waals surface area contributed by atoms with Crippen molar-refractivity contribution in [2.75, 3.05) is 6.61 Å². The van der Waals surface area contributed by atoms with E-state index in [2.05, 4.69) is 52.5 Å². The van der Waals surface area contributed by atoms with Gasteiger partial charge in [-0.05, 0) is 62.0 Å². The van der Waals surface area contributed by atoms with E-state index in [1.807, 2.05) is 0 Å². The fraction of sp³-hybridized carbons (Fsp3) is 0.750. The van der Waals surface area contributed by atoms with E-state index in [-0.39, 0.29) is 11.6 Å². The van der Waals surface area contributed by atoms with Gasteiger partial charge < -0.3 is 4.74 Å². The highest BCUT2D eigenvalue weighted by atomic mass is 79.9. The third kappa shape index (κ3) is 2.48. The SMILES string of the molecule is CC(C)(C)n1nc(Br)cc1C1CCCCO1. The number of hydrogen-bond donors (Lipinski definition) is 0. The average Bonchev–Trinajstić information content (AvgIpc) is 2.61. The Bertz CT molecular complexity index is 362. The molecule has 0 amide bonds. The predicted molar refractivity (Wildman–Crippen MR) is 67.5 cm³/mol. The lowest BCUT2D eigenvalue weighted by Crippen LogP contribution is -2.28. The van der Waals surface area contributed by atoms with E-state index in [9.17, 15) is 0 Å². The van der Waals surface area contributed by atoms with Crippen molar-refractivity contribution in [1.82, 2.24) is 9.78 Å². The number of ether oxygens (including phenoxy) is 1. The smallest absolute Gasteiger partial charge is 0.128 e. The van der Waals surface area contributed by atoms with Crippen LogP contribution in [0.3, 0.4) is 0 Å². The van der Waals surface area contributed by atoms with Gasteiger partial charge in [-0.15, -0.1) is 0 Å². The van der Waals surface area contributed by atoms with Gasteiger partial charge in [-0.1, -0.05) is 0 Å². The number of aromatic nitrogens is 2. The number of rotatable bonds is 1. The molecule has 16 heavy (non-hydrogen) atoms. The highest BCUT2D eigenvalue weighted by molar-refractivity contribution is 9.10. The van der Waals surface area contributed by atoms with Crippen LogP contribution in [0.4, 0.5) is 0 Å². The van der Waals surface area contributed by atoms with Crippen LogP contribution in [0, 0.1) is 0 Å². The maximum absolute atomic E-state index is 5.83. The van der Waals surface area contributed by atoms with Crippen LogP contribution in [-0.2, 0) is 10.3 Å². The van der Waals surface area contributed by atoms with E-state index in [1.54, 1.807) is 0 Å². The van der Waals surface area contributed by atoms with E-state index < -0.39 is 0 Å². The van der Waals surface area contributed by atoms with Crippen LogP contribution >= 0.6 is 15.9 Å². The Morgan fingerprint density at radius 2 is 2.19 bits per heavy atom. The number of halogens is 1. The maximum atomic E-state index is 5.83. The van der Waals surface area contributed by atoms with Gasteiger partial charge in [-0.2, -0.15) is 5.10 Å². The van der Waals surface area contributed by atoms with E-state index in [4.69, 9.17) is 4.74 Å². The van der Waals surface area contributed by atoms with Crippen molar-refractivity contribution in [3.63, 3.8) is 0 Å². The van der Waals surface area contributed by atoms with Crippen LogP contribution in [0.5, 0.6) is 0 Å². The van der Waals surface area contributed by atoms with E-state index in [0.717, 1.165) is 17.6 Å². The fourth-order valence-electron chi connectivity index (χ4n) is 2.11. The second-order valence-corrected chi connectivity index (χ2v) is 6.14. The lowest BCUT2D eigenvalue weighted by Gasteiger charge is -2.28. The van der Waals surface area contributed by atoms with Crippen LogP contribution in [0.25, 0.3) is 0 Å². The summed E-state index contributed by atoms with van der Waals surface area (Å²) >= 11 is 3.45. The van der Waals surface area contributed by atoms with Crippen molar-refractivity contribution in [2.24, 2.45) is 0 Å². The third-order valence-electron chi connectivity index (χ3n) is 2.85. The summed E-state index contributed by atoms with van der Waals surface area (Å²) in [6.45, 7) is 7.37. The molecule has 2 rings (SSSR count). The Morgan fingerprint density at radius 1 is 1.44 bits per heavy atom. The molecule has 0 radical (unpaired) electrons. The van der Waals surface area contributed by atoms with E-state index in [0.29, 0.717) is 0 Å². The molecule has 1 aliphatic rings.